The summed E-state index contributed by atoms with van der Waals surface area (Å²) in [5.41, 5.74) is 2.59. The molecule has 30 heavy (non-hydrogen) atoms. The molecular formula is C24H24ClF2NO2. The summed E-state index contributed by atoms with van der Waals surface area (Å²) in [6.07, 6.45) is -3.47. The monoisotopic (exact) mass is 431 g/mol. The molecular weight excluding hydrogens is 408 g/mol. The van der Waals surface area contributed by atoms with E-state index < -0.39 is 18.1 Å². The smallest absolute Gasteiger partial charge is 0.280 e. The molecule has 1 aromatic heterocycles. The minimum Gasteiger partial charge on any atom is -0.360 e. The fourth-order valence-electron chi connectivity index (χ4n) is 3.52. The molecule has 0 unspecified atom stereocenters. The molecule has 0 aliphatic rings. The van der Waals surface area contributed by atoms with Crippen molar-refractivity contribution in [2.75, 3.05) is 0 Å². The topological polar surface area (TPSA) is 39.2 Å². The number of hydrogen-bond donors (Lipinski definition) is 0. The van der Waals surface area contributed by atoms with Gasteiger partial charge in [-0.25, -0.2) is 13.8 Å². The number of halogens is 3. The van der Waals surface area contributed by atoms with Gasteiger partial charge in [0.15, 0.2) is 5.78 Å². The third kappa shape index (κ3) is 4.68. The summed E-state index contributed by atoms with van der Waals surface area (Å²) >= 11 is 6.07. The summed E-state index contributed by atoms with van der Waals surface area (Å²) in [4.78, 5) is 16.8. The van der Waals surface area contributed by atoms with Crippen LogP contribution in [0.15, 0.2) is 42.5 Å². The normalized spacial score (nSPS) is 13.1. The third-order valence-electron chi connectivity index (χ3n) is 4.72. The number of rotatable bonds is 5. The Balaban J connectivity index is 2.39. The van der Waals surface area contributed by atoms with Crippen LogP contribution in [-0.4, -0.2) is 16.4 Å². The summed E-state index contributed by atoms with van der Waals surface area (Å²) in [6.45, 7) is 8.99. The van der Waals surface area contributed by atoms with Gasteiger partial charge in [0, 0.05) is 10.4 Å². The van der Waals surface area contributed by atoms with E-state index in [1.54, 1.807) is 24.3 Å². The molecule has 0 aliphatic heterocycles. The van der Waals surface area contributed by atoms with Gasteiger partial charge in [0.1, 0.15) is 11.8 Å². The van der Waals surface area contributed by atoms with Crippen molar-refractivity contribution in [2.24, 2.45) is 0 Å². The van der Waals surface area contributed by atoms with Gasteiger partial charge in [-0.2, -0.15) is 0 Å². The highest BCUT2D eigenvalue weighted by molar-refractivity contribution is 6.30. The third-order valence-corrected chi connectivity index (χ3v) is 4.97. The second-order valence-corrected chi connectivity index (χ2v) is 8.75. The van der Waals surface area contributed by atoms with Gasteiger partial charge in [-0.3, -0.25) is 4.79 Å². The van der Waals surface area contributed by atoms with E-state index >= 15 is 0 Å². The zero-order chi connectivity index (χ0) is 22.2. The lowest BCUT2D eigenvalue weighted by molar-refractivity contribution is -0.138. The van der Waals surface area contributed by atoms with Crippen LogP contribution >= 0.6 is 11.6 Å². The van der Waals surface area contributed by atoms with Crippen LogP contribution < -0.4 is 0 Å². The van der Waals surface area contributed by atoms with Crippen LogP contribution in [-0.2, 0) is 9.53 Å². The van der Waals surface area contributed by atoms with Crippen LogP contribution in [0.4, 0.5) is 8.78 Å². The molecule has 0 radical (unpaired) electrons. The number of aryl methyl sites for hydroxylation is 1. The minimum absolute atomic E-state index is 0.139. The van der Waals surface area contributed by atoms with Crippen molar-refractivity contribution < 1.29 is 18.3 Å². The van der Waals surface area contributed by atoms with Crippen LogP contribution in [0.25, 0.3) is 22.0 Å². The highest BCUT2D eigenvalue weighted by Crippen LogP contribution is 2.41. The quantitative estimate of drug-likeness (QED) is 0.427. The molecule has 0 saturated carbocycles. The van der Waals surface area contributed by atoms with E-state index in [4.69, 9.17) is 16.3 Å². The molecule has 0 spiro atoms. The number of Topliss-reactive ketones (excluding diaryl/α,β-unsaturated/α-hetero) is 1. The predicted octanol–water partition coefficient (Wildman–Crippen LogP) is 7.25. The number of pyridine rings is 1. The summed E-state index contributed by atoms with van der Waals surface area (Å²) in [7, 11) is 0. The Morgan fingerprint density at radius 2 is 1.73 bits per heavy atom. The van der Waals surface area contributed by atoms with Gasteiger partial charge in [0.05, 0.1) is 11.1 Å². The zero-order valence-electron chi connectivity index (χ0n) is 17.6. The van der Waals surface area contributed by atoms with E-state index in [2.05, 4.69) is 4.98 Å². The number of carbonyl (C=O) groups excluding carboxylic acids is 1. The lowest BCUT2D eigenvalue weighted by Gasteiger charge is -2.29. The maximum atomic E-state index is 13.2. The van der Waals surface area contributed by atoms with E-state index in [1.165, 1.54) is 13.0 Å². The Kier molecular flexibility index (Phi) is 6.25. The fourth-order valence-corrected chi connectivity index (χ4v) is 3.65. The number of benzene rings is 2. The Bertz CT molecular complexity index is 1090. The van der Waals surface area contributed by atoms with Crippen LogP contribution in [0.3, 0.4) is 0 Å². The fraction of sp³-hybridized carbons (Fsp3) is 0.333. The molecule has 1 atom stereocenters. The first-order valence-electron chi connectivity index (χ1n) is 9.64. The first-order valence-corrected chi connectivity index (χ1v) is 10.0. The average Bonchev–Trinajstić information content (AvgIpc) is 2.64. The number of carbonyl (C=O) groups is 1. The van der Waals surface area contributed by atoms with E-state index in [0.717, 1.165) is 16.7 Å². The van der Waals surface area contributed by atoms with Crippen molar-refractivity contribution in [3.8, 4) is 11.1 Å². The summed E-state index contributed by atoms with van der Waals surface area (Å²) in [5.74, 6) is -0.139. The van der Waals surface area contributed by atoms with E-state index in [0.29, 0.717) is 21.5 Å². The Hall–Kier alpha value is -2.37. The van der Waals surface area contributed by atoms with Crippen molar-refractivity contribution in [2.45, 2.75) is 52.7 Å². The summed E-state index contributed by atoms with van der Waals surface area (Å²) in [5, 5.41) is 1.25. The Labute approximate surface area is 180 Å². The number of hydrogen-bond acceptors (Lipinski definition) is 3. The Morgan fingerprint density at radius 1 is 1.10 bits per heavy atom. The largest absolute Gasteiger partial charge is 0.360 e. The number of nitrogens with zero attached hydrogens (tertiary/aromatic N) is 1. The van der Waals surface area contributed by atoms with Gasteiger partial charge >= 0.3 is 0 Å². The lowest BCUT2D eigenvalue weighted by Crippen LogP contribution is -2.27. The van der Waals surface area contributed by atoms with Crippen LogP contribution in [0.5, 0.6) is 0 Å². The van der Waals surface area contributed by atoms with Gasteiger partial charge in [0.25, 0.3) is 6.43 Å². The molecule has 0 fully saturated rings. The van der Waals surface area contributed by atoms with Gasteiger partial charge < -0.3 is 4.74 Å². The van der Waals surface area contributed by atoms with Crippen LogP contribution in [0.2, 0.25) is 5.02 Å². The lowest BCUT2D eigenvalue weighted by atomic mass is 9.87. The minimum atomic E-state index is -2.66. The van der Waals surface area contributed by atoms with Gasteiger partial charge in [0.2, 0.25) is 0 Å². The number of ketones is 1. The zero-order valence-corrected chi connectivity index (χ0v) is 18.3. The molecule has 3 nitrogen and oxygen atoms in total. The van der Waals surface area contributed by atoms with Crippen molar-refractivity contribution >= 4 is 28.3 Å². The molecule has 0 bridgehead atoms. The highest BCUT2D eigenvalue weighted by Gasteiger charge is 2.29. The standard InChI is InChI=1S/C24H24ClF2NO2/c1-13-12-19-17(10-11-18(28-19)23(26)27)21(15-6-8-16(25)9-7-15)20(13)22(14(2)29)30-24(3,4)5/h6-12,22-23H,1-5H3/t22-/m1/s1. The maximum Gasteiger partial charge on any atom is 0.280 e. The van der Waals surface area contributed by atoms with Crippen molar-refractivity contribution in [3.63, 3.8) is 0 Å². The SMILES string of the molecule is CC(=O)[C@@H](OC(C)(C)C)c1c(C)cc2nc(C(F)F)ccc2c1-c1ccc(Cl)cc1. The number of alkyl halides is 2. The molecule has 3 rings (SSSR count). The first kappa shape index (κ1) is 22.3. The molecule has 1 heterocycles. The van der Waals surface area contributed by atoms with Gasteiger partial charge in [-0.15, -0.1) is 0 Å². The molecule has 0 saturated heterocycles. The van der Waals surface area contributed by atoms with Crippen molar-refractivity contribution in [1.29, 1.82) is 0 Å². The predicted molar refractivity (Wildman–Crippen MR) is 116 cm³/mol. The molecule has 0 aliphatic carbocycles. The molecule has 158 valence electrons. The number of fused-ring (bicyclic) bond motifs is 1. The summed E-state index contributed by atoms with van der Waals surface area (Å²) < 4.78 is 32.6. The second kappa shape index (κ2) is 8.40. The van der Waals surface area contributed by atoms with Crippen LogP contribution in [0, 0.1) is 6.92 Å². The van der Waals surface area contributed by atoms with E-state index in [9.17, 15) is 13.6 Å². The van der Waals surface area contributed by atoms with Gasteiger partial charge in [-0.05, 0) is 81.1 Å². The van der Waals surface area contributed by atoms with Gasteiger partial charge in [-0.1, -0.05) is 29.8 Å². The second-order valence-electron chi connectivity index (χ2n) is 8.31. The molecule has 3 aromatic rings. The maximum absolute atomic E-state index is 13.2. The van der Waals surface area contributed by atoms with Crippen molar-refractivity contribution in [3.05, 3.63) is 64.3 Å². The molecule has 0 N–H and O–H groups in total. The highest BCUT2D eigenvalue weighted by atomic mass is 35.5. The van der Waals surface area contributed by atoms with Crippen LogP contribution in [0.1, 0.15) is 57.0 Å². The number of ether oxygens (including phenoxy) is 1. The van der Waals surface area contributed by atoms with E-state index in [1.807, 2.05) is 39.8 Å². The van der Waals surface area contributed by atoms with E-state index in [-0.39, 0.29) is 11.5 Å². The molecule has 6 heteroatoms. The summed E-state index contributed by atoms with van der Waals surface area (Å²) in [6, 6.07) is 11.9. The Morgan fingerprint density at radius 3 is 2.27 bits per heavy atom. The van der Waals surface area contributed by atoms with Crippen molar-refractivity contribution in [1.82, 2.24) is 4.98 Å². The average molecular weight is 432 g/mol. The number of aromatic nitrogens is 1. The molecule has 0 amide bonds. The molecule has 2 aromatic carbocycles. The first-order chi connectivity index (χ1) is 14.0.